The van der Waals surface area contributed by atoms with Gasteiger partial charge in [-0.2, -0.15) is 4.39 Å². The van der Waals surface area contributed by atoms with Crippen molar-refractivity contribution < 1.29 is 18.8 Å². The molecule has 0 saturated heterocycles. The second-order valence-electron chi connectivity index (χ2n) is 2.76. The third-order valence-electron chi connectivity index (χ3n) is 1.82. The van der Waals surface area contributed by atoms with Crippen LogP contribution in [-0.4, -0.2) is 18.0 Å². The molecule has 0 spiro atoms. The average molecular weight is 213 g/mol. The molecule has 1 aromatic rings. The van der Waals surface area contributed by atoms with Crippen molar-refractivity contribution >= 4 is 11.7 Å². The SMILES string of the molecule is COC(=O)Cc1cccc(F)c1[N+](=O)[O-]. The van der Waals surface area contributed by atoms with Gasteiger partial charge in [-0.25, -0.2) is 0 Å². The summed E-state index contributed by atoms with van der Waals surface area (Å²) in [4.78, 5) is 20.6. The fraction of sp³-hybridized carbons (Fsp3) is 0.222. The number of carbonyl (C=O) groups excluding carboxylic acids is 1. The van der Waals surface area contributed by atoms with Gasteiger partial charge < -0.3 is 4.74 Å². The number of ether oxygens (including phenoxy) is 1. The number of rotatable bonds is 3. The molecule has 0 aliphatic carbocycles. The lowest BCUT2D eigenvalue weighted by Gasteiger charge is -2.01. The summed E-state index contributed by atoms with van der Waals surface area (Å²) in [7, 11) is 1.16. The van der Waals surface area contributed by atoms with E-state index in [1.54, 1.807) is 0 Å². The Hall–Kier alpha value is -1.98. The second kappa shape index (κ2) is 4.50. The van der Waals surface area contributed by atoms with Crippen LogP contribution in [0.1, 0.15) is 5.56 Å². The summed E-state index contributed by atoms with van der Waals surface area (Å²) < 4.78 is 17.4. The van der Waals surface area contributed by atoms with E-state index in [1.807, 2.05) is 0 Å². The van der Waals surface area contributed by atoms with Crippen molar-refractivity contribution in [3.63, 3.8) is 0 Å². The summed E-state index contributed by atoms with van der Waals surface area (Å²) in [6.07, 6.45) is -0.315. The van der Waals surface area contributed by atoms with Crippen LogP contribution in [0.25, 0.3) is 0 Å². The van der Waals surface area contributed by atoms with Crippen LogP contribution in [0.15, 0.2) is 18.2 Å². The van der Waals surface area contributed by atoms with E-state index in [0.29, 0.717) is 0 Å². The van der Waals surface area contributed by atoms with Gasteiger partial charge in [0.2, 0.25) is 5.82 Å². The minimum atomic E-state index is -0.957. The molecule has 0 unspecified atom stereocenters. The Morgan fingerprint density at radius 2 is 2.27 bits per heavy atom. The zero-order valence-corrected chi connectivity index (χ0v) is 7.90. The number of nitro benzene ring substituents is 1. The molecule has 0 saturated carbocycles. The fourth-order valence-electron chi connectivity index (χ4n) is 1.13. The summed E-state index contributed by atoms with van der Waals surface area (Å²) in [5.41, 5.74) is -0.672. The van der Waals surface area contributed by atoms with Gasteiger partial charge in [0.25, 0.3) is 0 Å². The smallest absolute Gasteiger partial charge is 0.310 e. The van der Waals surface area contributed by atoms with Crippen LogP contribution in [0, 0.1) is 15.9 Å². The van der Waals surface area contributed by atoms with Crippen LogP contribution < -0.4 is 0 Å². The number of nitrogens with zero attached hydrogens (tertiary/aromatic N) is 1. The predicted molar refractivity (Wildman–Crippen MR) is 48.8 cm³/mol. The summed E-state index contributed by atoms with van der Waals surface area (Å²) >= 11 is 0. The van der Waals surface area contributed by atoms with Crippen LogP contribution in [0.5, 0.6) is 0 Å². The van der Waals surface area contributed by atoms with Crippen molar-refractivity contribution in [3.8, 4) is 0 Å². The molecular weight excluding hydrogens is 205 g/mol. The topological polar surface area (TPSA) is 69.4 Å². The van der Waals surface area contributed by atoms with Crippen LogP contribution >= 0.6 is 0 Å². The molecule has 1 aromatic carbocycles. The van der Waals surface area contributed by atoms with E-state index in [4.69, 9.17) is 0 Å². The van der Waals surface area contributed by atoms with Gasteiger partial charge in [-0.15, -0.1) is 0 Å². The highest BCUT2D eigenvalue weighted by Gasteiger charge is 2.21. The van der Waals surface area contributed by atoms with E-state index in [-0.39, 0.29) is 12.0 Å². The minimum absolute atomic E-state index is 0.00634. The van der Waals surface area contributed by atoms with Crippen LogP contribution in [0.2, 0.25) is 0 Å². The molecule has 5 nitrogen and oxygen atoms in total. The fourth-order valence-corrected chi connectivity index (χ4v) is 1.13. The summed E-state index contributed by atoms with van der Waals surface area (Å²) in [6, 6.07) is 3.59. The lowest BCUT2D eigenvalue weighted by atomic mass is 10.1. The Labute approximate surface area is 84.6 Å². The molecule has 0 fully saturated rings. The highest BCUT2D eigenvalue weighted by Crippen LogP contribution is 2.22. The van der Waals surface area contributed by atoms with E-state index in [1.165, 1.54) is 12.1 Å². The van der Waals surface area contributed by atoms with Gasteiger partial charge in [0.1, 0.15) is 0 Å². The Balaban J connectivity index is 3.11. The maximum atomic E-state index is 13.1. The van der Waals surface area contributed by atoms with Gasteiger partial charge in [0, 0.05) is 5.56 Å². The quantitative estimate of drug-likeness (QED) is 0.433. The molecule has 0 aliphatic rings. The number of methoxy groups -OCH3 is 1. The molecule has 80 valence electrons. The van der Waals surface area contributed by atoms with Gasteiger partial charge in [0.15, 0.2) is 0 Å². The monoisotopic (exact) mass is 213 g/mol. The molecule has 0 bridgehead atoms. The highest BCUT2D eigenvalue weighted by molar-refractivity contribution is 5.74. The normalized spacial score (nSPS) is 9.73. The van der Waals surface area contributed by atoms with Crippen LogP contribution in [-0.2, 0) is 16.0 Å². The molecule has 0 aromatic heterocycles. The number of esters is 1. The lowest BCUT2D eigenvalue weighted by molar-refractivity contribution is -0.388. The molecule has 0 amide bonds. The molecule has 0 aliphatic heterocycles. The predicted octanol–water partition coefficient (Wildman–Crippen LogP) is 1.45. The average Bonchev–Trinajstić information content (AvgIpc) is 2.17. The molecule has 1 rings (SSSR count). The molecule has 0 N–H and O–H groups in total. The third-order valence-corrected chi connectivity index (χ3v) is 1.82. The largest absolute Gasteiger partial charge is 0.469 e. The number of nitro groups is 1. The van der Waals surface area contributed by atoms with E-state index in [9.17, 15) is 19.3 Å². The molecule has 15 heavy (non-hydrogen) atoms. The minimum Gasteiger partial charge on any atom is -0.469 e. The number of para-hydroxylation sites is 1. The first-order valence-corrected chi connectivity index (χ1v) is 4.05. The molecular formula is C9H8FNO4. The van der Waals surface area contributed by atoms with E-state index >= 15 is 0 Å². The zero-order chi connectivity index (χ0) is 11.4. The van der Waals surface area contributed by atoms with Gasteiger partial charge in [-0.1, -0.05) is 12.1 Å². The van der Waals surface area contributed by atoms with Gasteiger partial charge in [-0.3, -0.25) is 14.9 Å². The Bertz CT molecular complexity index is 405. The lowest BCUT2D eigenvalue weighted by Crippen LogP contribution is -2.07. The van der Waals surface area contributed by atoms with Crippen molar-refractivity contribution in [1.82, 2.24) is 0 Å². The van der Waals surface area contributed by atoms with E-state index in [0.717, 1.165) is 13.2 Å². The number of hydrogen-bond acceptors (Lipinski definition) is 4. The molecule has 0 atom stereocenters. The second-order valence-corrected chi connectivity index (χ2v) is 2.76. The summed E-state index contributed by atoms with van der Waals surface area (Å²) in [5, 5.41) is 10.5. The Kier molecular flexibility index (Phi) is 3.33. The molecule has 0 radical (unpaired) electrons. The number of halogens is 1. The summed E-state index contributed by atoms with van der Waals surface area (Å²) in [5.74, 6) is -1.61. The van der Waals surface area contributed by atoms with E-state index in [2.05, 4.69) is 4.74 Å². The first-order valence-electron chi connectivity index (χ1n) is 4.05. The number of hydrogen-bond donors (Lipinski definition) is 0. The maximum Gasteiger partial charge on any atom is 0.310 e. The number of benzene rings is 1. The molecule has 0 heterocycles. The third kappa shape index (κ3) is 2.49. The van der Waals surface area contributed by atoms with Crippen molar-refractivity contribution in [2.24, 2.45) is 0 Å². The summed E-state index contributed by atoms with van der Waals surface area (Å²) in [6.45, 7) is 0. The first-order chi connectivity index (χ1) is 7.06. The van der Waals surface area contributed by atoms with Gasteiger partial charge in [-0.05, 0) is 6.07 Å². The first kappa shape index (κ1) is 11.1. The van der Waals surface area contributed by atoms with Crippen molar-refractivity contribution in [1.29, 1.82) is 0 Å². The van der Waals surface area contributed by atoms with Crippen LogP contribution in [0.4, 0.5) is 10.1 Å². The number of carbonyl (C=O) groups is 1. The van der Waals surface area contributed by atoms with Gasteiger partial charge >= 0.3 is 11.7 Å². The Morgan fingerprint density at radius 3 is 2.80 bits per heavy atom. The standard InChI is InChI=1S/C9H8FNO4/c1-15-8(12)5-6-3-2-4-7(10)9(6)11(13)14/h2-4H,5H2,1H3. The van der Waals surface area contributed by atoms with Crippen molar-refractivity contribution in [2.45, 2.75) is 6.42 Å². The Morgan fingerprint density at radius 1 is 1.60 bits per heavy atom. The van der Waals surface area contributed by atoms with Crippen molar-refractivity contribution in [2.75, 3.05) is 7.11 Å². The van der Waals surface area contributed by atoms with E-state index < -0.39 is 22.4 Å². The van der Waals surface area contributed by atoms with Crippen molar-refractivity contribution in [3.05, 3.63) is 39.7 Å². The van der Waals surface area contributed by atoms with Gasteiger partial charge in [0.05, 0.1) is 18.5 Å². The molecule has 6 heteroatoms. The highest BCUT2D eigenvalue weighted by atomic mass is 19.1. The maximum absolute atomic E-state index is 13.1. The zero-order valence-electron chi connectivity index (χ0n) is 7.90. The van der Waals surface area contributed by atoms with Crippen LogP contribution in [0.3, 0.4) is 0 Å².